The molecule has 0 spiro atoms. The number of hydrogen-bond donors (Lipinski definition) is 0. The third kappa shape index (κ3) is 3.20. The summed E-state index contributed by atoms with van der Waals surface area (Å²) in [6, 6.07) is 9.55. The van der Waals surface area contributed by atoms with Gasteiger partial charge in [-0.1, -0.05) is 6.07 Å². The molecule has 0 aliphatic rings. The summed E-state index contributed by atoms with van der Waals surface area (Å²) in [5, 5.41) is 5.15. The summed E-state index contributed by atoms with van der Waals surface area (Å²) < 4.78 is 23.3. The quantitative estimate of drug-likeness (QED) is 0.471. The van der Waals surface area contributed by atoms with Crippen LogP contribution < -0.4 is 9.47 Å². The Morgan fingerprint density at radius 2 is 1.72 bits per heavy atom. The molecule has 0 amide bonds. The SMILES string of the molecule is COC(=O)c1c(OC)cc(-c2coc3cc(-c4cnn(C)c4)ccc23)cc1OC. The summed E-state index contributed by atoms with van der Waals surface area (Å²) in [6.45, 7) is 0. The number of methoxy groups -OCH3 is 3. The van der Waals surface area contributed by atoms with Gasteiger partial charge in [0.25, 0.3) is 0 Å². The first-order chi connectivity index (χ1) is 14.0. The maximum Gasteiger partial charge on any atom is 0.345 e. The second kappa shape index (κ2) is 7.35. The highest BCUT2D eigenvalue weighted by atomic mass is 16.5. The molecule has 0 aliphatic heterocycles. The molecule has 4 rings (SSSR count). The van der Waals surface area contributed by atoms with E-state index in [0.717, 1.165) is 33.2 Å². The Kier molecular flexibility index (Phi) is 4.72. The fraction of sp³-hybridized carbons (Fsp3) is 0.182. The first kappa shape index (κ1) is 18.6. The highest BCUT2D eigenvalue weighted by Crippen LogP contribution is 2.39. The number of aryl methyl sites for hydroxylation is 1. The van der Waals surface area contributed by atoms with Gasteiger partial charge in [-0.05, 0) is 35.4 Å². The zero-order valence-corrected chi connectivity index (χ0v) is 16.6. The number of carbonyl (C=O) groups is 1. The van der Waals surface area contributed by atoms with Gasteiger partial charge in [0.05, 0.1) is 33.8 Å². The first-order valence-corrected chi connectivity index (χ1v) is 8.90. The number of rotatable bonds is 5. The number of fused-ring (bicyclic) bond motifs is 1. The van der Waals surface area contributed by atoms with Gasteiger partial charge in [-0.25, -0.2) is 4.79 Å². The Morgan fingerprint density at radius 3 is 2.31 bits per heavy atom. The van der Waals surface area contributed by atoms with Crippen molar-refractivity contribution >= 4 is 16.9 Å². The van der Waals surface area contributed by atoms with Crippen LogP contribution in [0.5, 0.6) is 11.5 Å². The highest BCUT2D eigenvalue weighted by Gasteiger charge is 2.22. The molecule has 0 fully saturated rings. The van der Waals surface area contributed by atoms with Gasteiger partial charge in [-0.15, -0.1) is 0 Å². The molecular weight excluding hydrogens is 372 g/mol. The largest absolute Gasteiger partial charge is 0.496 e. The number of hydrogen-bond acceptors (Lipinski definition) is 6. The minimum atomic E-state index is -0.525. The lowest BCUT2D eigenvalue weighted by Gasteiger charge is -2.13. The van der Waals surface area contributed by atoms with Gasteiger partial charge < -0.3 is 18.6 Å². The summed E-state index contributed by atoms with van der Waals surface area (Å²) in [5.41, 5.74) is 4.69. The number of benzene rings is 2. The average Bonchev–Trinajstić information content (AvgIpc) is 3.37. The van der Waals surface area contributed by atoms with E-state index in [9.17, 15) is 4.79 Å². The lowest BCUT2D eigenvalue weighted by molar-refractivity contribution is 0.0593. The molecule has 4 aromatic rings. The van der Waals surface area contributed by atoms with E-state index in [1.807, 2.05) is 37.6 Å². The van der Waals surface area contributed by atoms with Crippen LogP contribution in [0.3, 0.4) is 0 Å². The lowest BCUT2D eigenvalue weighted by atomic mass is 10.00. The number of furan rings is 1. The van der Waals surface area contributed by atoms with Crippen molar-refractivity contribution in [3.8, 4) is 33.8 Å². The summed E-state index contributed by atoms with van der Waals surface area (Å²) in [5.74, 6) is 0.212. The molecule has 0 radical (unpaired) electrons. The second-order valence-corrected chi connectivity index (χ2v) is 6.51. The Morgan fingerprint density at radius 1 is 1.00 bits per heavy atom. The van der Waals surface area contributed by atoms with Crippen LogP contribution in [0.4, 0.5) is 0 Å². The van der Waals surface area contributed by atoms with Crippen molar-refractivity contribution in [3.05, 3.63) is 54.6 Å². The molecule has 0 N–H and O–H groups in total. The molecule has 0 aliphatic carbocycles. The van der Waals surface area contributed by atoms with E-state index in [4.69, 9.17) is 18.6 Å². The fourth-order valence-corrected chi connectivity index (χ4v) is 3.37. The standard InChI is InChI=1S/C22H20N2O5/c1-24-11-15(10-23-24)13-5-6-16-17(12-29-18(16)7-13)14-8-19(26-2)21(22(25)28-4)20(9-14)27-3/h5-12H,1-4H3. The molecule has 0 bridgehead atoms. The number of nitrogens with zero attached hydrogens (tertiary/aromatic N) is 2. The Labute approximate surface area is 167 Å². The van der Waals surface area contributed by atoms with Crippen molar-refractivity contribution in [1.82, 2.24) is 9.78 Å². The van der Waals surface area contributed by atoms with Crippen molar-refractivity contribution in [1.29, 1.82) is 0 Å². The van der Waals surface area contributed by atoms with E-state index in [-0.39, 0.29) is 5.56 Å². The third-order valence-electron chi connectivity index (χ3n) is 4.82. The van der Waals surface area contributed by atoms with Crippen LogP contribution in [-0.2, 0) is 11.8 Å². The number of aromatic nitrogens is 2. The van der Waals surface area contributed by atoms with E-state index >= 15 is 0 Å². The molecule has 2 heterocycles. The summed E-state index contributed by atoms with van der Waals surface area (Å²) in [6.07, 6.45) is 5.45. The van der Waals surface area contributed by atoms with Gasteiger partial charge >= 0.3 is 5.97 Å². The van der Waals surface area contributed by atoms with Gasteiger partial charge in [0, 0.05) is 29.8 Å². The van der Waals surface area contributed by atoms with Crippen molar-refractivity contribution in [3.63, 3.8) is 0 Å². The molecule has 2 aromatic heterocycles. The van der Waals surface area contributed by atoms with E-state index in [1.165, 1.54) is 21.3 Å². The van der Waals surface area contributed by atoms with Crippen molar-refractivity contribution in [2.24, 2.45) is 7.05 Å². The molecule has 2 aromatic carbocycles. The molecule has 0 saturated carbocycles. The first-order valence-electron chi connectivity index (χ1n) is 8.90. The predicted molar refractivity (Wildman–Crippen MR) is 108 cm³/mol. The lowest BCUT2D eigenvalue weighted by Crippen LogP contribution is -2.07. The van der Waals surface area contributed by atoms with Crippen LogP contribution in [0.15, 0.2) is 53.4 Å². The maximum atomic E-state index is 12.1. The van der Waals surface area contributed by atoms with Gasteiger partial charge in [0.15, 0.2) is 0 Å². The Balaban J connectivity index is 1.83. The summed E-state index contributed by atoms with van der Waals surface area (Å²) in [4.78, 5) is 12.1. The van der Waals surface area contributed by atoms with E-state index in [1.54, 1.807) is 23.1 Å². The molecular formula is C22H20N2O5. The average molecular weight is 392 g/mol. The van der Waals surface area contributed by atoms with Crippen LogP contribution in [0.2, 0.25) is 0 Å². The zero-order valence-electron chi connectivity index (χ0n) is 16.6. The predicted octanol–water partition coefficient (Wildman–Crippen LogP) is 4.30. The molecule has 148 valence electrons. The second-order valence-electron chi connectivity index (χ2n) is 6.51. The summed E-state index contributed by atoms with van der Waals surface area (Å²) in [7, 11) is 6.20. The molecule has 7 nitrogen and oxygen atoms in total. The van der Waals surface area contributed by atoms with Crippen LogP contribution in [0, 0.1) is 0 Å². The van der Waals surface area contributed by atoms with Crippen LogP contribution in [0.25, 0.3) is 33.2 Å². The number of esters is 1. The smallest absolute Gasteiger partial charge is 0.345 e. The van der Waals surface area contributed by atoms with Crippen LogP contribution in [0.1, 0.15) is 10.4 Å². The molecule has 0 saturated heterocycles. The zero-order chi connectivity index (χ0) is 20.5. The Hall–Kier alpha value is -3.74. The fourth-order valence-electron chi connectivity index (χ4n) is 3.37. The summed E-state index contributed by atoms with van der Waals surface area (Å²) >= 11 is 0. The molecule has 0 atom stereocenters. The normalized spacial score (nSPS) is 10.9. The third-order valence-corrected chi connectivity index (χ3v) is 4.82. The van der Waals surface area contributed by atoms with Gasteiger partial charge in [0.1, 0.15) is 22.6 Å². The highest BCUT2D eigenvalue weighted by molar-refractivity contribution is 6.00. The van der Waals surface area contributed by atoms with Crippen LogP contribution >= 0.6 is 0 Å². The number of ether oxygens (including phenoxy) is 3. The van der Waals surface area contributed by atoms with Gasteiger partial charge in [-0.3, -0.25) is 4.68 Å². The molecule has 7 heteroatoms. The minimum absolute atomic E-state index is 0.243. The van der Waals surface area contributed by atoms with Crippen molar-refractivity contribution in [2.45, 2.75) is 0 Å². The van der Waals surface area contributed by atoms with Gasteiger partial charge in [-0.2, -0.15) is 5.10 Å². The topological polar surface area (TPSA) is 75.7 Å². The minimum Gasteiger partial charge on any atom is -0.496 e. The van der Waals surface area contributed by atoms with Crippen molar-refractivity contribution in [2.75, 3.05) is 21.3 Å². The van der Waals surface area contributed by atoms with E-state index in [0.29, 0.717) is 11.5 Å². The van der Waals surface area contributed by atoms with E-state index in [2.05, 4.69) is 5.10 Å². The monoisotopic (exact) mass is 392 g/mol. The molecule has 0 unspecified atom stereocenters. The van der Waals surface area contributed by atoms with Gasteiger partial charge in [0.2, 0.25) is 0 Å². The maximum absolute atomic E-state index is 12.1. The van der Waals surface area contributed by atoms with E-state index < -0.39 is 5.97 Å². The number of carbonyl (C=O) groups excluding carboxylic acids is 1. The Bertz CT molecular complexity index is 1180. The molecule has 29 heavy (non-hydrogen) atoms. The van der Waals surface area contributed by atoms with Crippen molar-refractivity contribution < 1.29 is 23.4 Å². The van der Waals surface area contributed by atoms with Crippen LogP contribution in [-0.4, -0.2) is 37.1 Å².